The van der Waals surface area contributed by atoms with Gasteiger partial charge in [0.05, 0.1) is 0 Å². The van der Waals surface area contributed by atoms with Crippen molar-refractivity contribution in [2.75, 3.05) is 0 Å². The maximum atomic E-state index is 4.00. The summed E-state index contributed by atoms with van der Waals surface area (Å²) in [5.74, 6) is 2.05. The van der Waals surface area contributed by atoms with E-state index in [2.05, 4.69) is 34.2 Å². The minimum atomic E-state index is 0. The highest BCUT2D eigenvalue weighted by Gasteiger charge is 1.95. The Morgan fingerprint density at radius 2 is 1.00 bits per heavy atom. The van der Waals surface area contributed by atoms with E-state index in [1.54, 1.807) is 0 Å². The van der Waals surface area contributed by atoms with Crippen molar-refractivity contribution < 1.29 is 0 Å². The van der Waals surface area contributed by atoms with Crippen LogP contribution in [0.3, 0.4) is 0 Å². The van der Waals surface area contributed by atoms with Gasteiger partial charge in [-0.15, -0.1) is 24.8 Å². The molecule has 2 heterocycles. The van der Waals surface area contributed by atoms with Crippen LogP contribution >= 0.6 is 46.4 Å². The SMILES string of the molecule is Cl.Cl.c1cc(CSSCc2ccncc2)ccn1. The fourth-order valence-corrected chi connectivity index (χ4v) is 3.32. The summed E-state index contributed by atoms with van der Waals surface area (Å²) in [4.78, 5) is 8.00. The first-order chi connectivity index (χ1) is 7.95. The van der Waals surface area contributed by atoms with Crippen LogP contribution in [0.2, 0.25) is 0 Å². The third-order valence-corrected chi connectivity index (χ3v) is 4.31. The molecule has 6 heteroatoms. The van der Waals surface area contributed by atoms with Crippen molar-refractivity contribution in [2.24, 2.45) is 0 Å². The molecule has 0 saturated heterocycles. The van der Waals surface area contributed by atoms with Gasteiger partial charge < -0.3 is 0 Å². The number of aromatic nitrogens is 2. The maximum Gasteiger partial charge on any atom is 0.0289 e. The predicted molar refractivity (Wildman–Crippen MR) is 85.6 cm³/mol. The van der Waals surface area contributed by atoms with Crippen LogP contribution in [0.25, 0.3) is 0 Å². The molecule has 98 valence electrons. The highest BCUT2D eigenvalue weighted by Crippen LogP contribution is 2.28. The Morgan fingerprint density at radius 3 is 1.33 bits per heavy atom. The molecule has 0 saturated carbocycles. The zero-order valence-electron chi connectivity index (χ0n) is 9.56. The number of nitrogens with zero attached hydrogens (tertiary/aromatic N) is 2. The summed E-state index contributed by atoms with van der Waals surface area (Å²) in [6.07, 6.45) is 7.35. The van der Waals surface area contributed by atoms with E-state index in [9.17, 15) is 0 Å². The lowest BCUT2D eigenvalue weighted by atomic mass is 10.3. The lowest BCUT2D eigenvalue weighted by molar-refractivity contribution is 1.27. The number of hydrogen-bond acceptors (Lipinski definition) is 4. The molecule has 0 amide bonds. The molecule has 2 rings (SSSR count). The standard InChI is InChI=1S/C12H12N2S2.2ClH/c1-5-13-6-2-11(1)9-15-16-10-12-3-7-14-8-4-12;;/h1-8H,9-10H2;2*1H. The molecule has 2 nitrogen and oxygen atoms in total. The molecule has 0 bridgehead atoms. The molecule has 0 aliphatic carbocycles. The van der Waals surface area contributed by atoms with Crippen LogP contribution in [0.5, 0.6) is 0 Å². The van der Waals surface area contributed by atoms with Gasteiger partial charge in [-0.1, -0.05) is 21.6 Å². The smallest absolute Gasteiger partial charge is 0.0289 e. The topological polar surface area (TPSA) is 25.8 Å². The van der Waals surface area contributed by atoms with Crippen molar-refractivity contribution >= 4 is 46.4 Å². The van der Waals surface area contributed by atoms with Gasteiger partial charge in [0, 0.05) is 36.3 Å². The summed E-state index contributed by atoms with van der Waals surface area (Å²) >= 11 is 0. The first kappa shape index (κ1) is 17.6. The van der Waals surface area contributed by atoms with E-state index in [1.165, 1.54) is 11.1 Å². The first-order valence-electron chi connectivity index (χ1n) is 4.97. The zero-order valence-corrected chi connectivity index (χ0v) is 12.8. The lowest BCUT2D eigenvalue weighted by Gasteiger charge is -2.01. The van der Waals surface area contributed by atoms with Crippen LogP contribution in [0.15, 0.2) is 49.1 Å². The van der Waals surface area contributed by atoms with Crippen molar-refractivity contribution in [3.63, 3.8) is 0 Å². The summed E-state index contributed by atoms with van der Waals surface area (Å²) in [6.45, 7) is 0. The molecule has 0 aromatic carbocycles. The van der Waals surface area contributed by atoms with E-state index in [0.717, 1.165) is 11.5 Å². The highest BCUT2D eigenvalue weighted by atomic mass is 35.5. The molecule has 0 N–H and O–H groups in total. The Balaban J connectivity index is 0.00000144. The zero-order chi connectivity index (χ0) is 11.1. The van der Waals surface area contributed by atoms with Crippen molar-refractivity contribution in [3.05, 3.63) is 60.2 Å². The molecule has 2 aromatic rings. The fourth-order valence-electron chi connectivity index (χ4n) is 1.18. The minimum absolute atomic E-state index is 0. The number of pyridine rings is 2. The van der Waals surface area contributed by atoms with Gasteiger partial charge in [-0.25, -0.2) is 0 Å². The van der Waals surface area contributed by atoms with Gasteiger partial charge >= 0.3 is 0 Å². The molecule has 2 aromatic heterocycles. The molecule has 0 aliphatic heterocycles. The lowest BCUT2D eigenvalue weighted by Crippen LogP contribution is -1.80. The molecule has 0 unspecified atom stereocenters. The minimum Gasteiger partial charge on any atom is -0.265 e. The van der Waals surface area contributed by atoms with Crippen LogP contribution < -0.4 is 0 Å². The molecule has 0 fully saturated rings. The summed E-state index contributed by atoms with van der Waals surface area (Å²) in [5, 5.41) is 0. The van der Waals surface area contributed by atoms with Crippen molar-refractivity contribution in [1.29, 1.82) is 0 Å². The summed E-state index contributed by atoms with van der Waals surface area (Å²) in [6, 6.07) is 8.22. The third-order valence-electron chi connectivity index (χ3n) is 2.03. The van der Waals surface area contributed by atoms with Gasteiger partial charge in [-0.2, -0.15) is 0 Å². The second-order valence-corrected chi connectivity index (χ2v) is 5.70. The Kier molecular flexibility index (Phi) is 10.3. The van der Waals surface area contributed by atoms with Gasteiger partial charge in [0.15, 0.2) is 0 Å². The number of hydrogen-bond donors (Lipinski definition) is 0. The van der Waals surface area contributed by atoms with Gasteiger partial charge in [0.25, 0.3) is 0 Å². The van der Waals surface area contributed by atoms with E-state index < -0.39 is 0 Å². The van der Waals surface area contributed by atoms with E-state index in [-0.39, 0.29) is 24.8 Å². The molecule has 0 spiro atoms. The molecule has 0 atom stereocenters. The van der Waals surface area contributed by atoms with Crippen molar-refractivity contribution in [3.8, 4) is 0 Å². The average Bonchev–Trinajstić information content (AvgIpc) is 2.37. The monoisotopic (exact) mass is 320 g/mol. The van der Waals surface area contributed by atoms with E-state index in [0.29, 0.717) is 0 Å². The number of halogens is 2. The Morgan fingerprint density at radius 1 is 0.667 bits per heavy atom. The van der Waals surface area contributed by atoms with Gasteiger partial charge in [-0.05, 0) is 35.4 Å². The predicted octanol–water partition coefficient (Wildman–Crippen LogP) is 4.40. The second kappa shape index (κ2) is 10.5. The Labute approximate surface area is 128 Å². The largest absolute Gasteiger partial charge is 0.265 e. The fraction of sp³-hybridized carbons (Fsp3) is 0.167. The van der Waals surface area contributed by atoms with Crippen LogP contribution in [0, 0.1) is 0 Å². The van der Waals surface area contributed by atoms with E-state index in [1.807, 2.05) is 46.4 Å². The van der Waals surface area contributed by atoms with Crippen molar-refractivity contribution in [2.45, 2.75) is 11.5 Å². The van der Waals surface area contributed by atoms with Crippen LogP contribution in [0.1, 0.15) is 11.1 Å². The third kappa shape index (κ3) is 6.50. The molecular formula is C12H14Cl2N2S2. The summed E-state index contributed by atoms with van der Waals surface area (Å²) in [7, 11) is 3.74. The van der Waals surface area contributed by atoms with E-state index >= 15 is 0 Å². The highest BCUT2D eigenvalue weighted by molar-refractivity contribution is 8.76. The molecule has 0 radical (unpaired) electrons. The van der Waals surface area contributed by atoms with Gasteiger partial charge in [-0.3, -0.25) is 9.97 Å². The van der Waals surface area contributed by atoms with Crippen molar-refractivity contribution in [1.82, 2.24) is 9.97 Å². The maximum absolute atomic E-state index is 4.00. The van der Waals surface area contributed by atoms with Crippen LogP contribution in [-0.4, -0.2) is 9.97 Å². The van der Waals surface area contributed by atoms with E-state index in [4.69, 9.17) is 0 Å². The van der Waals surface area contributed by atoms with Crippen LogP contribution in [-0.2, 0) is 11.5 Å². The number of rotatable bonds is 5. The molecule has 0 aliphatic rings. The average molecular weight is 321 g/mol. The Bertz CT molecular complexity index is 373. The van der Waals surface area contributed by atoms with Gasteiger partial charge in [0.2, 0.25) is 0 Å². The molecule has 18 heavy (non-hydrogen) atoms. The quantitative estimate of drug-likeness (QED) is 0.602. The van der Waals surface area contributed by atoms with Crippen LogP contribution in [0.4, 0.5) is 0 Å². The summed E-state index contributed by atoms with van der Waals surface area (Å²) < 4.78 is 0. The summed E-state index contributed by atoms with van der Waals surface area (Å²) in [5.41, 5.74) is 2.64. The van der Waals surface area contributed by atoms with Gasteiger partial charge in [0.1, 0.15) is 0 Å². The Hall–Kier alpha value is -0.420. The normalized spacial score (nSPS) is 9.11. The second-order valence-electron chi connectivity index (χ2n) is 3.24. The molecular weight excluding hydrogens is 307 g/mol. The first-order valence-corrected chi connectivity index (χ1v) is 7.46.